The van der Waals surface area contributed by atoms with Crippen LogP contribution in [-0.2, 0) is 0 Å². The quantitative estimate of drug-likeness (QED) is 0.649. The number of nitrogens with zero attached hydrogens (tertiary/aromatic N) is 4. The molecule has 2 aromatic heterocycles. The number of halogens is 1. The van der Waals surface area contributed by atoms with Gasteiger partial charge in [-0.3, -0.25) is 9.36 Å². The second kappa shape index (κ2) is 2.91. The van der Waals surface area contributed by atoms with Crippen LogP contribution in [0, 0.1) is 0 Å². The number of hydrogen-bond donors (Lipinski definition) is 1. The number of carbonyl (C=O) groups excluding carboxylic acids is 1. The fraction of sp³-hybridized carbons (Fsp3) is 0.143. The summed E-state index contributed by atoms with van der Waals surface area (Å²) in [4.78, 5) is 22.6. The third-order valence-electron chi connectivity index (χ3n) is 1.71. The van der Waals surface area contributed by atoms with Gasteiger partial charge in [0.25, 0.3) is 0 Å². The lowest BCUT2D eigenvalue weighted by Gasteiger charge is -1.97. The standard InChI is InChI=1S/C7H6ClN5O/c1-3(14)13-2-10-4-5(8)11-7(9)12-6(4)13/h2H,1H3,(H2,9,11,12). The molecule has 0 amide bonds. The van der Waals surface area contributed by atoms with Crippen molar-refractivity contribution in [3.63, 3.8) is 0 Å². The Hall–Kier alpha value is -1.69. The molecule has 2 N–H and O–H groups in total. The zero-order valence-electron chi connectivity index (χ0n) is 7.23. The number of carbonyl (C=O) groups is 1. The average Bonchev–Trinajstić information content (AvgIpc) is 2.47. The fourth-order valence-electron chi connectivity index (χ4n) is 1.11. The topological polar surface area (TPSA) is 86.7 Å². The van der Waals surface area contributed by atoms with Gasteiger partial charge in [-0.15, -0.1) is 0 Å². The highest BCUT2D eigenvalue weighted by atomic mass is 35.5. The van der Waals surface area contributed by atoms with Crippen molar-refractivity contribution in [1.29, 1.82) is 0 Å². The van der Waals surface area contributed by atoms with Gasteiger partial charge in [-0.1, -0.05) is 11.6 Å². The van der Waals surface area contributed by atoms with Crippen molar-refractivity contribution >= 4 is 34.6 Å². The summed E-state index contributed by atoms with van der Waals surface area (Å²) >= 11 is 5.76. The lowest BCUT2D eigenvalue weighted by molar-refractivity contribution is 0.0940. The molecule has 2 heterocycles. The van der Waals surface area contributed by atoms with E-state index in [1.165, 1.54) is 17.8 Å². The highest BCUT2D eigenvalue weighted by Crippen LogP contribution is 2.19. The molecule has 0 aliphatic carbocycles. The second-order valence-corrected chi connectivity index (χ2v) is 3.04. The number of imidazole rings is 1. The average molecular weight is 212 g/mol. The third kappa shape index (κ3) is 1.20. The van der Waals surface area contributed by atoms with Crippen molar-refractivity contribution in [2.24, 2.45) is 0 Å². The van der Waals surface area contributed by atoms with Crippen LogP contribution in [0.5, 0.6) is 0 Å². The Morgan fingerprint density at radius 2 is 2.29 bits per heavy atom. The molecule has 0 atom stereocenters. The lowest BCUT2D eigenvalue weighted by Crippen LogP contribution is -2.06. The molecule has 2 aromatic rings. The maximum atomic E-state index is 11.1. The van der Waals surface area contributed by atoms with Gasteiger partial charge in [-0.05, 0) is 0 Å². The minimum Gasteiger partial charge on any atom is -0.368 e. The molecule has 0 radical (unpaired) electrons. The first-order chi connectivity index (χ1) is 6.59. The Kier molecular flexibility index (Phi) is 1.85. The van der Waals surface area contributed by atoms with Crippen LogP contribution in [0.2, 0.25) is 5.15 Å². The highest BCUT2D eigenvalue weighted by Gasteiger charge is 2.12. The molecule has 2 rings (SSSR count). The van der Waals surface area contributed by atoms with Crippen LogP contribution in [0.15, 0.2) is 6.33 Å². The number of nitrogen functional groups attached to an aromatic ring is 1. The molecule has 0 fully saturated rings. The molecule has 0 aliphatic rings. The Balaban J connectivity index is 2.85. The van der Waals surface area contributed by atoms with Gasteiger partial charge >= 0.3 is 0 Å². The molecule has 14 heavy (non-hydrogen) atoms. The number of anilines is 1. The minimum absolute atomic E-state index is 0.0190. The number of hydrogen-bond acceptors (Lipinski definition) is 5. The fourth-order valence-corrected chi connectivity index (χ4v) is 1.33. The SMILES string of the molecule is CC(=O)n1cnc2c(Cl)nc(N)nc21. The summed E-state index contributed by atoms with van der Waals surface area (Å²) in [5.41, 5.74) is 6.09. The van der Waals surface area contributed by atoms with E-state index in [0.717, 1.165) is 0 Å². The van der Waals surface area contributed by atoms with Crippen LogP contribution < -0.4 is 5.73 Å². The Morgan fingerprint density at radius 3 is 2.93 bits per heavy atom. The maximum Gasteiger partial charge on any atom is 0.230 e. The first kappa shape index (κ1) is 8.89. The van der Waals surface area contributed by atoms with E-state index in [1.807, 2.05) is 0 Å². The molecule has 0 saturated heterocycles. The molecule has 0 spiro atoms. The molecule has 72 valence electrons. The first-order valence-electron chi connectivity index (χ1n) is 3.76. The van der Waals surface area contributed by atoms with Gasteiger partial charge < -0.3 is 5.73 Å². The van der Waals surface area contributed by atoms with E-state index in [1.54, 1.807) is 0 Å². The van der Waals surface area contributed by atoms with E-state index in [9.17, 15) is 4.79 Å². The first-order valence-corrected chi connectivity index (χ1v) is 4.14. The monoisotopic (exact) mass is 211 g/mol. The predicted octanol–water partition coefficient (Wildman–Crippen LogP) is 0.722. The van der Waals surface area contributed by atoms with E-state index in [4.69, 9.17) is 17.3 Å². The summed E-state index contributed by atoms with van der Waals surface area (Å²) in [7, 11) is 0. The van der Waals surface area contributed by atoms with Crippen molar-refractivity contribution < 1.29 is 4.79 Å². The molecular weight excluding hydrogens is 206 g/mol. The molecule has 0 saturated carbocycles. The van der Waals surface area contributed by atoms with Gasteiger partial charge in [0, 0.05) is 6.92 Å². The van der Waals surface area contributed by atoms with Gasteiger partial charge in [0.05, 0.1) is 0 Å². The summed E-state index contributed by atoms with van der Waals surface area (Å²) in [5, 5.41) is 0.146. The number of aromatic nitrogens is 4. The predicted molar refractivity (Wildman–Crippen MR) is 51.0 cm³/mol. The largest absolute Gasteiger partial charge is 0.368 e. The Labute approximate surface area is 83.7 Å². The zero-order chi connectivity index (χ0) is 10.3. The number of rotatable bonds is 0. The van der Waals surface area contributed by atoms with Crippen molar-refractivity contribution in [3.05, 3.63) is 11.5 Å². The third-order valence-corrected chi connectivity index (χ3v) is 1.97. The van der Waals surface area contributed by atoms with Crippen LogP contribution in [-0.4, -0.2) is 25.4 Å². The zero-order valence-corrected chi connectivity index (χ0v) is 7.99. The van der Waals surface area contributed by atoms with Gasteiger partial charge in [0.15, 0.2) is 10.8 Å². The minimum atomic E-state index is -0.207. The smallest absolute Gasteiger partial charge is 0.230 e. The van der Waals surface area contributed by atoms with Gasteiger partial charge in [-0.2, -0.15) is 9.97 Å². The molecule has 6 nitrogen and oxygen atoms in total. The molecule has 7 heteroatoms. The summed E-state index contributed by atoms with van der Waals surface area (Å²) in [5.74, 6) is -0.188. The number of fused-ring (bicyclic) bond motifs is 1. The normalized spacial score (nSPS) is 10.7. The van der Waals surface area contributed by atoms with E-state index in [0.29, 0.717) is 11.2 Å². The van der Waals surface area contributed by atoms with Crippen LogP contribution in [0.4, 0.5) is 5.95 Å². The second-order valence-electron chi connectivity index (χ2n) is 2.68. The van der Waals surface area contributed by atoms with Gasteiger partial charge in [0.2, 0.25) is 11.9 Å². The maximum absolute atomic E-state index is 11.1. The summed E-state index contributed by atoms with van der Waals surface area (Å²) in [6.07, 6.45) is 1.34. The van der Waals surface area contributed by atoms with Crippen LogP contribution >= 0.6 is 11.6 Å². The molecule has 0 bridgehead atoms. The van der Waals surface area contributed by atoms with Gasteiger partial charge in [-0.25, -0.2) is 4.98 Å². The molecule has 0 aliphatic heterocycles. The van der Waals surface area contributed by atoms with Gasteiger partial charge in [0.1, 0.15) is 11.8 Å². The van der Waals surface area contributed by atoms with Crippen molar-refractivity contribution in [3.8, 4) is 0 Å². The highest BCUT2D eigenvalue weighted by molar-refractivity contribution is 6.33. The van der Waals surface area contributed by atoms with Crippen molar-refractivity contribution in [1.82, 2.24) is 19.5 Å². The van der Waals surface area contributed by atoms with Crippen molar-refractivity contribution in [2.75, 3.05) is 5.73 Å². The van der Waals surface area contributed by atoms with Crippen LogP contribution in [0.1, 0.15) is 11.7 Å². The summed E-state index contributed by atoms with van der Waals surface area (Å²) in [6, 6.07) is 0. The molecule has 0 unspecified atom stereocenters. The Morgan fingerprint density at radius 1 is 1.57 bits per heavy atom. The lowest BCUT2D eigenvalue weighted by atomic mass is 10.5. The van der Waals surface area contributed by atoms with E-state index < -0.39 is 0 Å². The molecule has 0 aromatic carbocycles. The molecular formula is C7H6ClN5O. The number of nitrogens with two attached hydrogens (primary N) is 1. The van der Waals surface area contributed by atoms with E-state index in [2.05, 4.69) is 15.0 Å². The van der Waals surface area contributed by atoms with E-state index >= 15 is 0 Å². The summed E-state index contributed by atoms with van der Waals surface area (Å²) < 4.78 is 1.26. The van der Waals surface area contributed by atoms with Crippen LogP contribution in [0.3, 0.4) is 0 Å². The Bertz CT molecular complexity index is 520. The van der Waals surface area contributed by atoms with Crippen molar-refractivity contribution in [2.45, 2.75) is 6.92 Å². The van der Waals surface area contributed by atoms with E-state index in [-0.39, 0.29) is 17.0 Å². The summed E-state index contributed by atoms with van der Waals surface area (Å²) in [6.45, 7) is 1.40. The van der Waals surface area contributed by atoms with Crippen LogP contribution in [0.25, 0.3) is 11.2 Å².